The van der Waals surface area contributed by atoms with Crippen molar-refractivity contribution in [3.63, 3.8) is 0 Å². The number of hydrogen-bond donors (Lipinski definition) is 0. The van der Waals surface area contributed by atoms with E-state index in [0.717, 1.165) is 44.1 Å². The summed E-state index contributed by atoms with van der Waals surface area (Å²) in [4.78, 5) is 12.5. The van der Waals surface area contributed by atoms with Gasteiger partial charge in [-0.2, -0.15) is 0 Å². The molecule has 0 atom stereocenters. The number of unbranched alkanes of at least 4 members (excludes halogenated alkanes) is 4. The molecule has 0 aromatic heterocycles. The molecule has 0 amide bonds. The molecular weight excluding hydrogens is 585 g/mol. The van der Waals surface area contributed by atoms with Crippen LogP contribution in [0, 0.1) is 0 Å². The third-order valence-corrected chi connectivity index (χ3v) is 7.01. The quantitative estimate of drug-likeness (QED) is 0.109. The van der Waals surface area contributed by atoms with Crippen LogP contribution in [-0.4, -0.2) is 32.2 Å². The van der Waals surface area contributed by atoms with E-state index in [-0.39, 0.29) is 30.1 Å². The van der Waals surface area contributed by atoms with Gasteiger partial charge in [0, 0.05) is 0 Å². The Kier molecular flexibility index (Phi) is 13.4. The Labute approximate surface area is 264 Å². The summed E-state index contributed by atoms with van der Waals surface area (Å²) in [6.07, 6.45) is 0.737. The van der Waals surface area contributed by atoms with Crippen molar-refractivity contribution in [3.8, 4) is 34.1 Å². The predicted octanol–water partition coefficient (Wildman–Crippen LogP) is 9.81. The van der Waals surface area contributed by atoms with E-state index in [9.17, 15) is 18.0 Å². The number of benzene rings is 3. The summed E-state index contributed by atoms with van der Waals surface area (Å²) in [7, 11) is 0. The third-order valence-electron chi connectivity index (χ3n) is 7.01. The van der Waals surface area contributed by atoms with E-state index in [4.69, 9.17) is 18.9 Å². The normalized spacial score (nSPS) is 11.6. The highest BCUT2D eigenvalue weighted by molar-refractivity contribution is 5.74. The zero-order valence-corrected chi connectivity index (χ0v) is 26.9. The molecule has 0 fully saturated rings. The van der Waals surface area contributed by atoms with Crippen molar-refractivity contribution in [1.29, 1.82) is 0 Å². The van der Waals surface area contributed by atoms with Crippen LogP contribution < -0.4 is 18.9 Å². The van der Waals surface area contributed by atoms with Crippen LogP contribution in [0.3, 0.4) is 0 Å². The Balaban J connectivity index is 1.95. The van der Waals surface area contributed by atoms with Gasteiger partial charge in [-0.15, -0.1) is 13.2 Å². The summed E-state index contributed by atoms with van der Waals surface area (Å²) < 4.78 is 66.0. The van der Waals surface area contributed by atoms with E-state index >= 15 is 0 Å². The SMILES string of the molecule is CCCCCOC(=O)COc1c(OCCCCC)cc(-c2ccc(OC(F)(F)F)cc2)cc1OCc1ccc(C(C)(C)C)cc1. The molecule has 0 saturated carbocycles. The summed E-state index contributed by atoms with van der Waals surface area (Å²) in [5, 5.41) is 0. The van der Waals surface area contributed by atoms with Gasteiger partial charge in [0.05, 0.1) is 13.2 Å². The fraction of sp³-hybridized carbons (Fsp3) is 0.472. The molecule has 0 N–H and O–H groups in total. The lowest BCUT2D eigenvalue weighted by Crippen LogP contribution is -2.17. The lowest BCUT2D eigenvalue weighted by atomic mass is 9.87. The van der Waals surface area contributed by atoms with Gasteiger partial charge in [0.15, 0.2) is 18.1 Å². The number of carbonyl (C=O) groups excluding carboxylic acids is 1. The van der Waals surface area contributed by atoms with Crippen molar-refractivity contribution in [2.45, 2.75) is 91.5 Å². The molecule has 9 heteroatoms. The first-order valence-electron chi connectivity index (χ1n) is 15.6. The lowest BCUT2D eigenvalue weighted by molar-refractivity contribution is -0.274. The van der Waals surface area contributed by atoms with E-state index in [0.29, 0.717) is 35.8 Å². The minimum atomic E-state index is -4.79. The molecule has 0 aliphatic carbocycles. The molecule has 0 aliphatic heterocycles. The second-order valence-electron chi connectivity index (χ2n) is 11.9. The second-order valence-corrected chi connectivity index (χ2v) is 11.9. The maximum Gasteiger partial charge on any atom is 0.573 e. The van der Waals surface area contributed by atoms with Gasteiger partial charge in [-0.05, 0) is 64.8 Å². The summed E-state index contributed by atoms with van der Waals surface area (Å²) in [5.41, 5.74) is 3.37. The maximum absolute atomic E-state index is 12.7. The monoisotopic (exact) mass is 630 g/mol. The molecule has 0 saturated heterocycles. The van der Waals surface area contributed by atoms with Gasteiger partial charge in [0.1, 0.15) is 12.4 Å². The molecule has 0 aliphatic rings. The van der Waals surface area contributed by atoms with Crippen LogP contribution in [0.4, 0.5) is 13.2 Å². The summed E-state index contributed by atoms with van der Waals surface area (Å²) in [6, 6.07) is 17.1. The maximum atomic E-state index is 12.7. The van der Waals surface area contributed by atoms with E-state index < -0.39 is 12.3 Å². The first-order valence-corrected chi connectivity index (χ1v) is 15.6. The van der Waals surface area contributed by atoms with E-state index in [2.05, 4.69) is 51.5 Å². The third kappa shape index (κ3) is 12.2. The summed E-state index contributed by atoms with van der Waals surface area (Å²) in [6.45, 7) is 11.2. The molecule has 45 heavy (non-hydrogen) atoms. The van der Waals surface area contributed by atoms with Crippen LogP contribution >= 0.6 is 0 Å². The molecule has 3 rings (SSSR count). The Bertz CT molecular complexity index is 1330. The van der Waals surface area contributed by atoms with Gasteiger partial charge in [-0.1, -0.05) is 96.7 Å². The van der Waals surface area contributed by atoms with Gasteiger partial charge in [-0.3, -0.25) is 0 Å². The topological polar surface area (TPSA) is 63.2 Å². The average molecular weight is 631 g/mol. The molecule has 0 radical (unpaired) electrons. The van der Waals surface area contributed by atoms with Crippen molar-refractivity contribution in [2.75, 3.05) is 19.8 Å². The zero-order valence-electron chi connectivity index (χ0n) is 26.9. The number of alkyl halides is 3. The highest BCUT2D eigenvalue weighted by Gasteiger charge is 2.31. The van der Waals surface area contributed by atoms with E-state index in [1.807, 2.05) is 12.1 Å². The first-order chi connectivity index (χ1) is 21.4. The molecular formula is C36H45F3O6. The Morgan fingerprint density at radius 1 is 0.711 bits per heavy atom. The Morgan fingerprint density at radius 3 is 1.89 bits per heavy atom. The van der Waals surface area contributed by atoms with Crippen molar-refractivity contribution in [1.82, 2.24) is 0 Å². The zero-order chi connectivity index (χ0) is 32.9. The van der Waals surface area contributed by atoms with Gasteiger partial charge < -0.3 is 23.7 Å². The number of ether oxygens (including phenoxy) is 5. The van der Waals surface area contributed by atoms with Crippen molar-refractivity contribution in [2.24, 2.45) is 0 Å². The van der Waals surface area contributed by atoms with Crippen LogP contribution in [-0.2, 0) is 21.6 Å². The van der Waals surface area contributed by atoms with Gasteiger partial charge in [0.2, 0.25) is 5.75 Å². The fourth-order valence-corrected chi connectivity index (χ4v) is 4.46. The van der Waals surface area contributed by atoms with Crippen LogP contribution in [0.25, 0.3) is 11.1 Å². The molecule has 0 spiro atoms. The fourth-order valence-electron chi connectivity index (χ4n) is 4.46. The lowest BCUT2D eigenvalue weighted by Gasteiger charge is -2.20. The molecule has 0 heterocycles. The first kappa shape index (κ1) is 35.6. The van der Waals surface area contributed by atoms with Crippen LogP contribution in [0.5, 0.6) is 23.0 Å². The van der Waals surface area contributed by atoms with E-state index in [1.54, 1.807) is 12.1 Å². The highest BCUT2D eigenvalue weighted by atomic mass is 19.4. The number of carbonyl (C=O) groups is 1. The average Bonchev–Trinajstić information content (AvgIpc) is 2.99. The molecule has 0 unspecified atom stereocenters. The number of rotatable bonds is 17. The molecule has 3 aromatic rings. The van der Waals surface area contributed by atoms with E-state index in [1.165, 1.54) is 29.8 Å². The largest absolute Gasteiger partial charge is 0.573 e. The standard InChI is InChI=1S/C36H45F3O6/c1-6-8-10-20-41-31-22-28(27-14-18-30(19-15-27)45-36(37,38)39)23-32(34(31)44-25-33(40)42-21-11-9-7-2)43-24-26-12-16-29(17-13-26)35(3,4)5/h12-19,22-23H,6-11,20-21,24-25H2,1-5H3. The molecule has 6 nitrogen and oxygen atoms in total. The Hall–Kier alpha value is -3.88. The molecule has 246 valence electrons. The molecule has 0 bridgehead atoms. The highest BCUT2D eigenvalue weighted by Crippen LogP contribution is 2.43. The van der Waals surface area contributed by atoms with Gasteiger partial charge >= 0.3 is 12.3 Å². The minimum Gasteiger partial charge on any atom is -0.490 e. The number of hydrogen-bond acceptors (Lipinski definition) is 6. The van der Waals surface area contributed by atoms with Crippen LogP contribution in [0.1, 0.15) is 84.3 Å². The van der Waals surface area contributed by atoms with Crippen molar-refractivity contribution in [3.05, 3.63) is 71.8 Å². The smallest absolute Gasteiger partial charge is 0.490 e. The van der Waals surface area contributed by atoms with Crippen molar-refractivity contribution < 1.29 is 41.7 Å². The van der Waals surface area contributed by atoms with Crippen LogP contribution in [0.15, 0.2) is 60.7 Å². The van der Waals surface area contributed by atoms with Crippen LogP contribution in [0.2, 0.25) is 0 Å². The van der Waals surface area contributed by atoms with Gasteiger partial charge in [0.25, 0.3) is 0 Å². The minimum absolute atomic E-state index is 0.00454. The number of halogens is 3. The number of esters is 1. The molecule has 3 aromatic carbocycles. The van der Waals surface area contributed by atoms with Crippen molar-refractivity contribution >= 4 is 5.97 Å². The second kappa shape index (κ2) is 17.0. The van der Waals surface area contributed by atoms with Gasteiger partial charge in [-0.25, -0.2) is 4.79 Å². The predicted molar refractivity (Wildman–Crippen MR) is 169 cm³/mol. The summed E-state index contributed by atoms with van der Waals surface area (Å²) >= 11 is 0. The Morgan fingerprint density at radius 2 is 1.31 bits per heavy atom. The summed E-state index contributed by atoms with van der Waals surface area (Å²) in [5.74, 6) is 0.110.